The van der Waals surface area contributed by atoms with Crippen LogP contribution in [-0.2, 0) is 0 Å². The Morgan fingerprint density at radius 1 is 0.964 bits per heavy atom. The predicted octanol–water partition coefficient (Wildman–Crippen LogP) is 9.05. The zero-order valence-corrected chi connectivity index (χ0v) is 18.8. The van der Waals surface area contributed by atoms with E-state index in [1.54, 1.807) is 23.5 Å². The molecule has 1 aliphatic rings. The molecule has 1 heterocycles. The van der Waals surface area contributed by atoms with Gasteiger partial charge < -0.3 is 0 Å². The molecule has 2 heteroatoms. The lowest BCUT2D eigenvalue weighted by molar-refractivity contribution is 1.25. The highest BCUT2D eigenvalue weighted by atomic mass is 32.2. The second-order valence-electron chi connectivity index (χ2n) is 5.95. The Morgan fingerprint density at radius 2 is 1.68 bits per heavy atom. The van der Waals surface area contributed by atoms with Crippen molar-refractivity contribution < 1.29 is 0 Å². The number of hydrogen-bond donors (Lipinski definition) is 0. The molecule has 0 saturated carbocycles. The van der Waals surface area contributed by atoms with Crippen molar-refractivity contribution in [3.8, 4) is 11.1 Å². The van der Waals surface area contributed by atoms with E-state index in [-0.39, 0.29) is 0 Å². The van der Waals surface area contributed by atoms with Crippen molar-refractivity contribution in [3.05, 3.63) is 107 Å². The van der Waals surface area contributed by atoms with E-state index in [9.17, 15) is 0 Å². The topological polar surface area (TPSA) is 0 Å². The van der Waals surface area contributed by atoms with Gasteiger partial charge in [0.1, 0.15) is 0 Å². The molecule has 0 nitrogen and oxygen atoms in total. The third-order valence-corrected chi connectivity index (χ3v) is 6.91. The van der Waals surface area contributed by atoms with Crippen LogP contribution in [0.15, 0.2) is 117 Å². The Bertz CT molecular complexity index is 928. The summed E-state index contributed by atoms with van der Waals surface area (Å²) in [5.74, 6) is 0. The fourth-order valence-electron chi connectivity index (χ4n) is 2.73. The van der Waals surface area contributed by atoms with Crippen molar-refractivity contribution in [1.82, 2.24) is 0 Å². The number of rotatable bonds is 5. The van der Waals surface area contributed by atoms with Gasteiger partial charge in [0.15, 0.2) is 0 Å². The molecular formula is C26H28S2. The smallest absolute Gasteiger partial charge is 0.0341 e. The highest BCUT2D eigenvalue weighted by molar-refractivity contribution is 8.09. The molecule has 0 spiro atoms. The summed E-state index contributed by atoms with van der Waals surface area (Å²) in [6, 6.07) is 17.1. The highest BCUT2D eigenvalue weighted by Crippen LogP contribution is 2.53. The molecule has 1 aliphatic heterocycles. The minimum atomic E-state index is 1.06. The van der Waals surface area contributed by atoms with Crippen LogP contribution >= 0.6 is 23.5 Å². The van der Waals surface area contributed by atoms with Gasteiger partial charge in [0, 0.05) is 19.6 Å². The number of benzene rings is 2. The van der Waals surface area contributed by atoms with Crippen LogP contribution in [0, 0.1) is 0 Å². The molecule has 0 aromatic heterocycles. The van der Waals surface area contributed by atoms with E-state index < -0.39 is 0 Å². The van der Waals surface area contributed by atoms with E-state index in [4.69, 9.17) is 0 Å². The molecule has 0 amide bonds. The molecule has 2 aromatic carbocycles. The maximum absolute atomic E-state index is 4.36. The van der Waals surface area contributed by atoms with E-state index in [1.807, 2.05) is 32.9 Å². The lowest BCUT2D eigenvalue weighted by Crippen LogP contribution is -1.97. The molecule has 144 valence electrons. The molecule has 3 rings (SSSR count). The van der Waals surface area contributed by atoms with Gasteiger partial charge in [-0.05, 0) is 42.2 Å². The van der Waals surface area contributed by atoms with Crippen molar-refractivity contribution in [3.63, 3.8) is 0 Å². The summed E-state index contributed by atoms with van der Waals surface area (Å²) in [5.41, 5.74) is 4.74. The highest BCUT2D eigenvalue weighted by Gasteiger charge is 2.23. The normalized spacial score (nSPS) is 13.6. The Balaban J connectivity index is 0.00000136. The first kappa shape index (κ1) is 22.1. The Morgan fingerprint density at radius 3 is 2.32 bits per heavy atom. The van der Waals surface area contributed by atoms with Gasteiger partial charge in [-0.2, -0.15) is 0 Å². The summed E-state index contributed by atoms with van der Waals surface area (Å²) < 4.78 is 0. The van der Waals surface area contributed by atoms with Crippen molar-refractivity contribution in [1.29, 1.82) is 0 Å². The standard InChI is InChI=1S/C24H22S2.C2H6/c1-5-7-12-17(3)18(4)23-21(6-2)25-22-16-11-15-20(24(22)26-23)19-13-9-8-10-14-19;1-2/h5-16H,2,4H2,1,3H3;1-2H3/b7-5-,17-12+;. The zero-order valence-electron chi connectivity index (χ0n) is 17.2. The third kappa shape index (κ3) is 5.01. The summed E-state index contributed by atoms with van der Waals surface area (Å²) in [7, 11) is 0. The summed E-state index contributed by atoms with van der Waals surface area (Å²) in [4.78, 5) is 4.94. The van der Waals surface area contributed by atoms with Crippen LogP contribution in [0.2, 0.25) is 0 Å². The van der Waals surface area contributed by atoms with Crippen molar-refractivity contribution >= 4 is 23.5 Å². The lowest BCUT2D eigenvalue weighted by Gasteiger charge is -2.24. The molecule has 0 unspecified atom stereocenters. The zero-order chi connectivity index (χ0) is 20.5. The van der Waals surface area contributed by atoms with E-state index in [0.717, 1.165) is 5.57 Å². The Hall–Kier alpha value is -2.16. The van der Waals surface area contributed by atoms with Gasteiger partial charge in [-0.15, -0.1) is 0 Å². The number of hydrogen-bond acceptors (Lipinski definition) is 2. The van der Waals surface area contributed by atoms with Crippen LogP contribution in [0.4, 0.5) is 0 Å². The quantitative estimate of drug-likeness (QED) is 0.456. The molecule has 0 aliphatic carbocycles. The van der Waals surface area contributed by atoms with E-state index in [0.29, 0.717) is 0 Å². The first-order valence-electron chi connectivity index (χ1n) is 9.55. The molecule has 0 atom stereocenters. The second-order valence-corrected chi connectivity index (χ2v) is 8.06. The molecule has 0 saturated heterocycles. The average Bonchev–Trinajstić information content (AvgIpc) is 2.77. The van der Waals surface area contributed by atoms with Crippen LogP contribution in [0.25, 0.3) is 11.1 Å². The van der Waals surface area contributed by atoms with Crippen LogP contribution in [-0.4, -0.2) is 0 Å². The lowest BCUT2D eigenvalue weighted by atomic mass is 10.1. The Kier molecular flexibility index (Phi) is 8.69. The molecule has 0 radical (unpaired) electrons. The Labute approximate surface area is 178 Å². The maximum Gasteiger partial charge on any atom is 0.0341 e. The van der Waals surface area contributed by atoms with Gasteiger partial charge in [-0.1, -0.05) is 117 Å². The largest absolute Gasteiger partial charge is 0.0979 e. The number of allylic oxidation sites excluding steroid dienone is 6. The van der Waals surface area contributed by atoms with Crippen molar-refractivity contribution in [2.24, 2.45) is 0 Å². The van der Waals surface area contributed by atoms with Gasteiger partial charge >= 0.3 is 0 Å². The predicted molar refractivity (Wildman–Crippen MR) is 130 cm³/mol. The molecular weight excluding hydrogens is 376 g/mol. The van der Waals surface area contributed by atoms with Crippen molar-refractivity contribution in [2.75, 3.05) is 0 Å². The molecule has 0 fully saturated rings. The first-order chi connectivity index (χ1) is 13.7. The van der Waals surface area contributed by atoms with E-state index in [1.165, 1.54) is 36.3 Å². The molecule has 28 heavy (non-hydrogen) atoms. The molecule has 2 aromatic rings. The summed E-state index contributed by atoms with van der Waals surface area (Å²) in [6.45, 7) is 16.5. The van der Waals surface area contributed by atoms with Gasteiger partial charge in [0.2, 0.25) is 0 Å². The fourth-order valence-corrected chi connectivity index (χ4v) is 5.25. The number of thioether (sulfide) groups is 2. The summed E-state index contributed by atoms with van der Waals surface area (Å²) >= 11 is 3.58. The van der Waals surface area contributed by atoms with Gasteiger partial charge in [-0.3, -0.25) is 0 Å². The minimum absolute atomic E-state index is 1.06. The first-order valence-corrected chi connectivity index (χ1v) is 11.2. The van der Waals surface area contributed by atoms with Crippen LogP contribution in [0.3, 0.4) is 0 Å². The van der Waals surface area contributed by atoms with Crippen molar-refractivity contribution in [2.45, 2.75) is 37.5 Å². The number of fused-ring (bicyclic) bond motifs is 1. The molecule has 0 bridgehead atoms. The SMILES string of the molecule is C=CC1=C(C(=C)/C(C)=C/C=C\C)Sc2c(cccc2-c2ccccc2)S1.CC. The van der Waals surface area contributed by atoms with E-state index >= 15 is 0 Å². The van der Waals surface area contributed by atoms with Crippen LogP contribution in [0.1, 0.15) is 27.7 Å². The average molecular weight is 405 g/mol. The van der Waals surface area contributed by atoms with E-state index in [2.05, 4.69) is 80.8 Å². The van der Waals surface area contributed by atoms with Crippen LogP contribution in [0.5, 0.6) is 0 Å². The summed E-state index contributed by atoms with van der Waals surface area (Å²) in [5, 5.41) is 0. The van der Waals surface area contributed by atoms with Gasteiger partial charge in [-0.25, -0.2) is 0 Å². The maximum atomic E-state index is 4.36. The van der Waals surface area contributed by atoms with Gasteiger partial charge in [0.25, 0.3) is 0 Å². The van der Waals surface area contributed by atoms with Gasteiger partial charge in [0.05, 0.1) is 0 Å². The second kappa shape index (κ2) is 11.0. The summed E-state index contributed by atoms with van der Waals surface area (Å²) in [6.07, 6.45) is 8.14. The monoisotopic (exact) mass is 404 g/mol. The molecule has 0 N–H and O–H groups in total. The minimum Gasteiger partial charge on any atom is -0.0979 e. The fraction of sp³-hybridized carbons (Fsp3) is 0.154. The van der Waals surface area contributed by atoms with Crippen LogP contribution < -0.4 is 0 Å². The third-order valence-electron chi connectivity index (χ3n) is 4.19.